The maximum absolute atomic E-state index is 13.9. The van der Waals surface area contributed by atoms with Crippen LogP contribution in [0.3, 0.4) is 0 Å². The van der Waals surface area contributed by atoms with Crippen molar-refractivity contribution in [3.05, 3.63) is 82.7 Å². The minimum atomic E-state index is -2.16. The van der Waals surface area contributed by atoms with Gasteiger partial charge in [-0.2, -0.15) is 0 Å². The highest BCUT2D eigenvalue weighted by Crippen LogP contribution is 2.36. The number of benzene rings is 2. The van der Waals surface area contributed by atoms with Crippen molar-refractivity contribution in [3.8, 4) is 0 Å². The van der Waals surface area contributed by atoms with Gasteiger partial charge in [-0.05, 0) is 12.5 Å². The van der Waals surface area contributed by atoms with E-state index < -0.39 is 40.6 Å². The molecule has 0 aliphatic carbocycles. The molecule has 21 heavy (non-hydrogen) atoms. The summed E-state index contributed by atoms with van der Waals surface area (Å²) in [4.78, 5) is 0. The zero-order valence-corrected chi connectivity index (χ0v) is 11.1. The van der Waals surface area contributed by atoms with Gasteiger partial charge in [-0.25, -0.2) is 22.0 Å². The van der Waals surface area contributed by atoms with Crippen molar-refractivity contribution < 1.29 is 22.0 Å². The van der Waals surface area contributed by atoms with Crippen LogP contribution in [0.2, 0.25) is 0 Å². The van der Waals surface area contributed by atoms with E-state index in [2.05, 4.69) is 6.58 Å². The summed E-state index contributed by atoms with van der Waals surface area (Å²) >= 11 is 0. The highest BCUT2D eigenvalue weighted by Gasteiger charge is 2.31. The summed E-state index contributed by atoms with van der Waals surface area (Å²) in [6.45, 7) is 5.07. The lowest BCUT2D eigenvalue weighted by molar-refractivity contribution is 0.369. The van der Waals surface area contributed by atoms with E-state index in [1.165, 1.54) is 19.1 Å². The number of allylic oxidation sites excluding steroid dienone is 1. The minimum Gasteiger partial charge on any atom is -0.203 e. The maximum atomic E-state index is 13.9. The lowest BCUT2D eigenvalue weighted by Gasteiger charge is -2.20. The summed E-state index contributed by atoms with van der Waals surface area (Å²) in [6.07, 6.45) is 0. The van der Waals surface area contributed by atoms with Gasteiger partial charge in [0.05, 0.1) is 0 Å². The highest BCUT2D eigenvalue weighted by molar-refractivity contribution is 5.41. The van der Waals surface area contributed by atoms with E-state index in [4.69, 9.17) is 0 Å². The van der Waals surface area contributed by atoms with Crippen molar-refractivity contribution >= 4 is 0 Å². The molecule has 0 nitrogen and oxygen atoms in total. The fourth-order valence-electron chi connectivity index (χ4n) is 2.22. The molecule has 1 unspecified atom stereocenters. The Morgan fingerprint density at radius 1 is 0.810 bits per heavy atom. The van der Waals surface area contributed by atoms with Gasteiger partial charge in [-0.3, -0.25) is 0 Å². The third-order valence-electron chi connectivity index (χ3n) is 3.16. The van der Waals surface area contributed by atoms with Gasteiger partial charge >= 0.3 is 0 Å². The number of halogens is 5. The van der Waals surface area contributed by atoms with Crippen LogP contribution in [0.1, 0.15) is 24.0 Å². The fourth-order valence-corrected chi connectivity index (χ4v) is 2.22. The Labute approximate surface area is 118 Å². The van der Waals surface area contributed by atoms with Crippen LogP contribution in [0.5, 0.6) is 0 Å². The molecule has 2 rings (SSSR count). The molecule has 0 amide bonds. The van der Waals surface area contributed by atoms with Gasteiger partial charge in [-0.1, -0.05) is 42.5 Å². The van der Waals surface area contributed by atoms with Crippen LogP contribution < -0.4 is 0 Å². The van der Waals surface area contributed by atoms with E-state index in [-0.39, 0.29) is 5.57 Å². The molecule has 0 N–H and O–H groups in total. The quantitative estimate of drug-likeness (QED) is 0.320. The largest absolute Gasteiger partial charge is 0.203 e. The molecule has 2 aromatic rings. The highest BCUT2D eigenvalue weighted by atomic mass is 19.2. The van der Waals surface area contributed by atoms with Gasteiger partial charge in [0.1, 0.15) is 0 Å². The second kappa shape index (κ2) is 5.68. The maximum Gasteiger partial charge on any atom is 0.200 e. The molecule has 0 saturated heterocycles. The van der Waals surface area contributed by atoms with Crippen LogP contribution in [0.25, 0.3) is 0 Å². The first-order chi connectivity index (χ1) is 9.86. The summed E-state index contributed by atoms with van der Waals surface area (Å²) in [5.74, 6) is -10.8. The molecule has 0 bridgehead atoms. The van der Waals surface area contributed by atoms with Crippen LogP contribution in [-0.4, -0.2) is 0 Å². The molecule has 2 aromatic carbocycles. The molecule has 1 atom stereocenters. The average Bonchev–Trinajstić information content (AvgIpc) is 2.48. The molecule has 5 heteroatoms. The molecule has 0 aliphatic heterocycles. The Balaban J connectivity index is 2.77. The predicted molar refractivity (Wildman–Crippen MR) is 69.3 cm³/mol. The fraction of sp³-hybridized carbons (Fsp3) is 0.125. The molecule has 110 valence electrons. The molecule has 0 spiro atoms. The van der Waals surface area contributed by atoms with E-state index in [1.807, 2.05) is 0 Å². The smallest absolute Gasteiger partial charge is 0.200 e. The van der Waals surface area contributed by atoms with Crippen LogP contribution >= 0.6 is 0 Å². The summed E-state index contributed by atoms with van der Waals surface area (Å²) in [5, 5.41) is 0. The minimum absolute atomic E-state index is 0.268. The molecule has 0 heterocycles. The first kappa shape index (κ1) is 15.2. The van der Waals surface area contributed by atoms with Crippen molar-refractivity contribution in [2.24, 2.45) is 0 Å². The molecule has 0 fully saturated rings. The Bertz CT molecular complexity index is 663. The van der Waals surface area contributed by atoms with E-state index >= 15 is 0 Å². The van der Waals surface area contributed by atoms with E-state index in [1.54, 1.807) is 18.2 Å². The van der Waals surface area contributed by atoms with Gasteiger partial charge in [0.15, 0.2) is 23.3 Å². The van der Waals surface area contributed by atoms with Gasteiger partial charge in [-0.15, -0.1) is 0 Å². The third kappa shape index (κ3) is 2.55. The summed E-state index contributed by atoms with van der Waals surface area (Å²) in [6, 6.07) is 7.97. The van der Waals surface area contributed by atoms with Crippen molar-refractivity contribution in [1.29, 1.82) is 0 Å². The molecule has 0 radical (unpaired) electrons. The van der Waals surface area contributed by atoms with Gasteiger partial charge in [0.25, 0.3) is 0 Å². The topological polar surface area (TPSA) is 0 Å². The van der Waals surface area contributed by atoms with Crippen LogP contribution in [-0.2, 0) is 0 Å². The van der Waals surface area contributed by atoms with Gasteiger partial charge in [0, 0.05) is 11.5 Å². The molecular weight excluding hydrogens is 287 g/mol. The second-order valence-corrected chi connectivity index (χ2v) is 4.67. The van der Waals surface area contributed by atoms with Crippen LogP contribution in [0.15, 0.2) is 42.5 Å². The standard InChI is InChI=1S/C16H11F5/c1-8(2)10(9-6-4-3-5-7-9)11-12(17)14(19)16(21)15(20)13(11)18/h3-7,10H,1H2,2H3. The van der Waals surface area contributed by atoms with Crippen LogP contribution in [0, 0.1) is 29.1 Å². The second-order valence-electron chi connectivity index (χ2n) is 4.67. The average molecular weight is 298 g/mol. The molecule has 0 aromatic heterocycles. The van der Waals surface area contributed by atoms with Crippen molar-refractivity contribution in [1.82, 2.24) is 0 Å². The number of rotatable bonds is 3. The Kier molecular flexibility index (Phi) is 4.11. The Morgan fingerprint density at radius 2 is 1.24 bits per heavy atom. The van der Waals surface area contributed by atoms with Crippen molar-refractivity contribution in [2.75, 3.05) is 0 Å². The zero-order valence-electron chi connectivity index (χ0n) is 11.1. The Morgan fingerprint density at radius 3 is 1.67 bits per heavy atom. The van der Waals surface area contributed by atoms with Crippen LogP contribution in [0.4, 0.5) is 22.0 Å². The molecule has 0 aliphatic rings. The number of hydrogen-bond donors (Lipinski definition) is 0. The third-order valence-corrected chi connectivity index (χ3v) is 3.16. The SMILES string of the molecule is C=C(C)C(c1ccccc1)c1c(F)c(F)c(F)c(F)c1F. The first-order valence-electron chi connectivity index (χ1n) is 6.08. The molecule has 0 saturated carbocycles. The number of hydrogen-bond acceptors (Lipinski definition) is 0. The predicted octanol–water partition coefficient (Wildman–Crippen LogP) is 5.09. The van der Waals surface area contributed by atoms with E-state index in [9.17, 15) is 22.0 Å². The first-order valence-corrected chi connectivity index (χ1v) is 6.08. The van der Waals surface area contributed by atoms with E-state index in [0.717, 1.165) is 0 Å². The van der Waals surface area contributed by atoms with Crippen molar-refractivity contribution in [2.45, 2.75) is 12.8 Å². The Hall–Kier alpha value is -2.17. The normalized spacial score (nSPS) is 12.3. The van der Waals surface area contributed by atoms with Gasteiger partial charge < -0.3 is 0 Å². The lowest BCUT2D eigenvalue weighted by atomic mass is 9.85. The summed E-state index contributed by atoms with van der Waals surface area (Å²) < 4.78 is 67.7. The van der Waals surface area contributed by atoms with E-state index in [0.29, 0.717) is 5.56 Å². The summed E-state index contributed by atoms with van der Waals surface area (Å²) in [5.41, 5.74) is -0.220. The zero-order chi connectivity index (χ0) is 15.7. The van der Waals surface area contributed by atoms with Crippen molar-refractivity contribution in [3.63, 3.8) is 0 Å². The molecular formula is C16H11F5. The monoisotopic (exact) mass is 298 g/mol. The lowest BCUT2D eigenvalue weighted by Crippen LogP contribution is -2.13. The summed E-state index contributed by atoms with van der Waals surface area (Å²) in [7, 11) is 0. The van der Waals surface area contributed by atoms with Gasteiger partial charge in [0.2, 0.25) is 5.82 Å².